The first kappa shape index (κ1) is 10.6. The first-order valence-electron chi connectivity index (χ1n) is 5.47. The van der Waals surface area contributed by atoms with Crippen LogP contribution < -0.4 is 0 Å². The van der Waals surface area contributed by atoms with Gasteiger partial charge < -0.3 is 0 Å². The van der Waals surface area contributed by atoms with E-state index in [0.29, 0.717) is 5.41 Å². The van der Waals surface area contributed by atoms with Crippen LogP contribution in [0.2, 0.25) is 0 Å². The van der Waals surface area contributed by atoms with Crippen molar-refractivity contribution in [2.45, 2.75) is 45.4 Å². The van der Waals surface area contributed by atoms with E-state index in [0.717, 1.165) is 12.3 Å². The van der Waals surface area contributed by atoms with Crippen molar-refractivity contribution in [2.24, 2.45) is 11.3 Å². The van der Waals surface area contributed by atoms with Crippen molar-refractivity contribution < 1.29 is 0 Å². The lowest BCUT2D eigenvalue weighted by Gasteiger charge is -2.37. The Hall–Kier alpha value is -0.520. The molecule has 1 aliphatic carbocycles. The third-order valence-corrected chi connectivity index (χ3v) is 3.59. The maximum absolute atomic E-state index is 3.98. The molecule has 0 saturated heterocycles. The SMILES string of the molecule is C=CC[C@@](C)(C=C)C1CCCCC1. The van der Waals surface area contributed by atoms with Crippen molar-refractivity contribution in [1.29, 1.82) is 0 Å². The molecule has 0 unspecified atom stereocenters. The Balaban J connectivity index is 2.61. The van der Waals surface area contributed by atoms with Crippen LogP contribution in [-0.4, -0.2) is 0 Å². The van der Waals surface area contributed by atoms with Gasteiger partial charge in [-0.3, -0.25) is 0 Å². The van der Waals surface area contributed by atoms with Gasteiger partial charge >= 0.3 is 0 Å². The van der Waals surface area contributed by atoms with E-state index in [1.807, 2.05) is 6.08 Å². The topological polar surface area (TPSA) is 0 Å². The number of hydrogen-bond acceptors (Lipinski definition) is 0. The molecule has 0 aliphatic heterocycles. The third kappa shape index (κ3) is 2.46. The Morgan fingerprint density at radius 1 is 1.23 bits per heavy atom. The zero-order valence-corrected chi connectivity index (χ0v) is 8.89. The maximum Gasteiger partial charge on any atom is -0.00866 e. The van der Waals surface area contributed by atoms with Crippen molar-refractivity contribution in [3.8, 4) is 0 Å². The fourth-order valence-corrected chi connectivity index (χ4v) is 2.49. The van der Waals surface area contributed by atoms with Gasteiger partial charge in [0, 0.05) is 0 Å². The van der Waals surface area contributed by atoms with Gasteiger partial charge in [-0.2, -0.15) is 0 Å². The summed E-state index contributed by atoms with van der Waals surface area (Å²) in [7, 11) is 0. The van der Waals surface area contributed by atoms with E-state index in [-0.39, 0.29) is 0 Å². The van der Waals surface area contributed by atoms with Gasteiger partial charge in [0.2, 0.25) is 0 Å². The molecule has 0 bridgehead atoms. The van der Waals surface area contributed by atoms with E-state index in [1.54, 1.807) is 0 Å². The summed E-state index contributed by atoms with van der Waals surface area (Å²) >= 11 is 0. The molecule has 0 amide bonds. The Bertz CT molecular complexity index is 174. The molecule has 0 N–H and O–H groups in total. The van der Waals surface area contributed by atoms with Crippen molar-refractivity contribution >= 4 is 0 Å². The van der Waals surface area contributed by atoms with Gasteiger partial charge in [-0.25, -0.2) is 0 Å². The molecular formula is C13H22. The summed E-state index contributed by atoms with van der Waals surface area (Å²) in [6.45, 7) is 10.2. The summed E-state index contributed by atoms with van der Waals surface area (Å²) in [5.74, 6) is 0.844. The lowest BCUT2D eigenvalue weighted by atomic mass is 9.68. The highest BCUT2D eigenvalue weighted by Gasteiger charge is 2.30. The van der Waals surface area contributed by atoms with Crippen LogP contribution in [0.5, 0.6) is 0 Å². The highest BCUT2D eigenvalue weighted by atomic mass is 14.3. The van der Waals surface area contributed by atoms with Crippen LogP contribution in [0, 0.1) is 11.3 Å². The average Bonchev–Trinajstić information content (AvgIpc) is 2.19. The largest absolute Gasteiger partial charge is 0.103 e. The highest BCUT2D eigenvalue weighted by molar-refractivity contribution is 5.00. The van der Waals surface area contributed by atoms with Crippen molar-refractivity contribution in [2.75, 3.05) is 0 Å². The molecule has 0 spiro atoms. The van der Waals surface area contributed by atoms with Crippen LogP contribution in [0.1, 0.15) is 45.4 Å². The average molecular weight is 178 g/mol. The second-order valence-corrected chi connectivity index (χ2v) is 4.54. The lowest BCUT2D eigenvalue weighted by molar-refractivity contribution is 0.193. The minimum atomic E-state index is 0.308. The molecule has 1 saturated carbocycles. The normalized spacial score (nSPS) is 23.5. The van der Waals surface area contributed by atoms with Crippen molar-refractivity contribution in [3.63, 3.8) is 0 Å². The van der Waals surface area contributed by atoms with Gasteiger partial charge in [0.15, 0.2) is 0 Å². The van der Waals surface area contributed by atoms with Gasteiger partial charge in [0.05, 0.1) is 0 Å². The van der Waals surface area contributed by atoms with Crippen LogP contribution in [-0.2, 0) is 0 Å². The predicted molar refractivity (Wildman–Crippen MR) is 59.7 cm³/mol. The molecule has 1 atom stereocenters. The maximum atomic E-state index is 3.98. The van der Waals surface area contributed by atoms with E-state index in [1.165, 1.54) is 32.1 Å². The Labute approximate surface area is 82.7 Å². The van der Waals surface area contributed by atoms with Gasteiger partial charge in [0.1, 0.15) is 0 Å². The molecular weight excluding hydrogens is 156 g/mol. The Morgan fingerprint density at radius 3 is 2.31 bits per heavy atom. The summed E-state index contributed by atoms with van der Waals surface area (Å²) in [4.78, 5) is 0. The second-order valence-electron chi connectivity index (χ2n) is 4.54. The van der Waals surface area contributed by atoms with E-state index in [2.05, 4.69) is 26.2 Å². The van der Waals surface area contributed by atoms with Gasteiger partial charge in [-0.05, 0) is 30.6 Å². The monoisotopic (exact) mass is 178 g/mol. The summed E-state index contributed by atoms with van der Waals surface area (Å²) < 4.78 is 0. The quantitative estimate of drug-likeness (QED) is 0.562. The molecule has 13 heavy (non-hydrogen) atoms. The van der Waals surface area contributed by atoms with E-state index in [9.17, 15) is 0 Å². The predicted octanol–water partition coefficient (Wildman–Crippen LogP) is 4.34. The molecule has 1 fully saturated rings. The van der Waals surface area contributed by atoms with E-state index >= 15 is 0 Å². The fourth-order valence-electron chi connectivity index (χ4n) is 2.49. The molecule has 0 aromatic rings. The fraction of sp³-hybridized carbons (Fsp3) is 0.692. The molecule has 0 nitrogen and oxygen atoms in total. The number of rotatable bonds is 4. The molecule has 74 valence electrons. The zero-order valence-electron chi connectivity index (χ0n) is 8.89. The molecule has 0 heterocycles. The van der Waals surface area contributed by atoms with Gasteiger partial charge in [-0.15, -0.1) is 13.2 Å². The van der Waals surface area contributed by atoms with E-state index < -0.39 is 0 Å². The second kappa shape index (κ2) is 4.64. The van der Waals surface area contributed by atoms with Crippen LogP contribution >= 0.6 is 0 Å². The van der Waals surface area contributed by atoms with Crippen molar-refractivity contribution in [1.82, 2.24) is 0 Å². The van der Waals surface area contributed by atoms with Crippen LogP contribution in [0.25, 0.3) is 0 Å². The Kier molecular flexibility index (Phi) is 3.77. The van der Waals surface area contributed by atoms with Gasteiger partial charge in [-0.1, -0.05) is 38.3 Å². The summed E-state index contributed by atoms with van der Waals surface area (Å²) in [6.07, 6.45) is 12.3. The van der Waals surface area contributed by atoms with E-state index in [4.69, 9.17) is 0 Å². The van der Waals surface area contributed by atoms with Gasteiger partial charge in [0.25, 0.3) is 0 Å². The molecule has 0 aromatic carbocycles. The minimum Gasteiger partial charge on any atom is -0.103 e. The molecule has 0 heteroatoms. The molecule has 1 rings (SSSR count). The third-order valence-electron chi connectivity index (χ3n) is 3.59. The minimum absolute atomic E-state index is 0.308. The number of hydrogen-bond donors (Lipinski definition) is 0. The first-order valence-corrected chi connectivity index (χ1v) is 5.47. The number of allylic oxidation sites excluding steroid dienone is 2. The molecule has 0 aromatic heterocycles. The van der Waals surface area contributed by atoms with Crippen LogP contribution in [0.4, 0.5) is 0 Å². The highest BCUT2D eigenvalue weighted by Crippen LogP contribution is 2.41. The van der Waals surface area contributed by atoms with Crippen molar-refractivity contribution in [3.05, 3.63) is 25.3 Å². The smallest absolute Gasteiger partial charge is 0.00866 e. The first-order chi connectivity index (χ1) is 6.23. The summed E-state index contributed by atoms with van der Waals surface area (Å²) in [5, 5.41) is 0. The van der Waals surface area contributed by atoms with Crippen LogP contribution in [0.15, 0.2) is 25.3 Å². The molecule has 1 aliphatic rings. The lowest BCUT2D eigenvalue weighted by Crippen LogP contribution is -2.26. The molecule has 0 radical (unpaired) electrons. The Morgan fingerprint density at radius 2 is 1.85 bits per heavy atom. The summed E-state index contributed by atoms with van der Waals surface area (Å²) in [5.41, 5.74) is 0.308. The summed E-state index contributed by atoms with van der Waals surface area (Å²) in [6, 6.07) is 0. The standard InChI is InChI=1S/C13H22/c1-4-11-13(3,5-2)12-9-7-6-8-10-12/h4-5,12H,1-2,6-11H2,3H3/t13-/m1/s1. The van der Waals surface area contributed by atoms with Crippen LogP contribution in [0.3, 0.4) is 0 Å². The zero-order chi connectivity index (χ0) is 9.73.